The summed E-state index contributed by atoms with van der Waals surface area (Å²) in [6, 6.07) is 10.7. The maximum atomic E-state index is 12.9. The Balaban J connectivity index is 1.56. The highest BCUT2D eigenvalue weighted by atomic mass is 35.5. The fourth-order valence-electron chi connectivity index (χ4n) is 3.25. The number of benzene rings is 1. The summed E-state index contributed by atoms with van der Waals surface area (Å²) in [6.07, 6.45) is 0. The van der Waals surface area contributed by atoms with E-state index in [1.807, 2.05) is 45.0 Å². The molecule has 0 radical (unpaired) electrons. The van der Waals surface area contributed by atoms with Crippen LogP contribution in [0.2, 0.25) is 5.02 Å². The number of carbonyl (C=O) groups is 1. The van der Waals surface area contributed by atoms with Crippen LogP contribution >= 0.6 is 11.6 Å². The number of carbonyl (C=O) groups excluding carboxylic acids is 1. The topological polar surface area (TPSA) is 78.3 Å². The third-order valence-electron chi connectivity index (χ3n) is 4.69. The first-order valence-corrected chi connectivity index (χ1v) is 9.71. The van der Waals surface area contributed by atoms with E-state index in [0.717, 1.165) is 17.0 Å². The maximum absolute atomic E-state index is 12.9. The fraction of sp³-hybridized carbons (Fsp3) is 0.286. The second-order valence-corrected chi connectivity index (χ2v) is 7.34. The summed E-state index contributed by atoms with van der Waals surface area (Å²) in [7, 11) is 0. The molecule has 3 aromatic rings. The molecule has 1 amide bonds. The van der Waals surface area contributed by atoms with Crippen LogP contribution in [0.15, 0.2) is 36.4 Å². The quantitative estimate of drug-likeness (QED) is 0.705. The first-order chi connectivity index (χ1) is 13.9. The molecule has 29 heavy (non-hydrogen) atoms. The number of rotatable bonds is 4. The Morgan fingerprint density at radius 3 is 2.62 bits per heavy atom. The number of hydrogen-bond donors (Lipinski definition) is 1. The Kier molecular flexibility index (Phi) is 5.15. The SMILES string of the molecule is Cc1cc(C)n(-c2ccc(Cl)c(C(=O)NC(C)c3ccc4c(c3)OCCO4)n2)n1. The molecule has 2 aromatic heterocycles. The molecule has 150 valence electrons. The van der Waals surface area contributed by atoms with Gasteiger partial charge in [-0.25, -0.2) is 9.67 Å². The van der Waals surface area contributed by atoms with Gasteiger partial charge in [0.1, 0.15) is 18.9 Å². The van der Waals surface area contributed by atoms with E-state index < -0.39 is 0 Å². The lowest BCUT2D eigenvalue weighted by molar-refractivity contribution is 0.0934. The zero-order valence-corrected chi connectivity index (χ0v) is 17.2. The Morgan fingerprint density at radius 2 is 1.90 bits per heavy atom. The van der Waals surface area contributed by atoms with E-state index in [0.29, 0.717) is 30.5 Å². The first-order valence-electron chi connectivity index (χ1n) is 9.33. The molecule has 0 aliphatic carbocycles. The maximum Gasteiger partial charge on any atom is 0.271 e. The van der Waals surface area contributed by atoms with Gasteiger partial charge in [0.2, 0.25) is 0 Å². The van der Waals surface area contributed by atoms with Crippen molar-refractivity contribution in [2.24, 2.45) is 0 Å². The van der Waals surface area contributed by atoms with Crippen molar-refractivity contribution in [3.8, 4) is 17.3 Å². The number of nitrogens with one attached hydrogen (secondary N) is 1. The molecule has 1 aliphatic heterocycles. The number of ether oxygens (including phenoxy) is 2. The van der Waals surface area contributed by atoms with E-state index in [9.17, 15) is 4.79 Å². The average Bonchev–Trinajstić information content (AvgIpc) is 3.05. The second-order valence-electron chi connectivity index (χ2n) is 6.94. The lowest BCUT2D eigenvalue weighted by atomic mass is 10.1. The molecule has 0 bridgehead atoms. The largest absolute Gasteiger partial charge is 0.486 e. The molecule has 3 heterocycles. The Morgan fingerprint density at radius 1 is 1.14 bits per heavy atom. The number of aromatic nitrogens is 3. The van der Waals surface area contributed by atoms with Crippen molar-refractivity contribution >= 4 is 17.5 Å². The van der Waals surface area contributed by atoms with Gasteiger partial charge in [0.05, 0.1) is 16.8 Å². The van der Waals surface area contributed by atoms with Gasteiger partial charge in [-0.05, 0) is 56.7 Å². The van der Waals surface area contributed by atoms with Gasteiger partial charge in [0.25, 0.3) is 5.91 Å². The number of amides is 1. The summed E-state index contributed by atoms with van der Waals surface area (Å²) in [5, 5.41) is 7.64. The number of fused-ring (bicyclic) bond motifs is 1. The van der Waals surface area contributed by atoms with E-state index in [4.69, 9.17) is 21.1 Å². The minimum Gasteiger partial charge on any atom is -0.486 e. The van der Waals surface area contributed by atoms with Crippen molar-refractivity contribution in [3.05, 3.63) is 64.1 Å². The van der Waals surface area contributed by atoms with E-state index >= 15 is 0 Å². The number of halogens is 1. The van der Waals surface area contributed by atoms with Crippen molar-refractivity contribution < 1.29 is 14.3 Å². The standard InChI is InChI=1S/C21H21ClN4O3/c1-12-10-13(2)26(25-12)19-7-5-16(22)20(24-19)21(27)23-14(3)15-4-6-17-18(11-15)29-9-8-28-17/h4-7,10-11,14H,8-9H2,1-3H3,(H,23,27). The van der Waals surface area contributed by atoms with Gasteiger partial charge in [-0.15, -0.1) is 0 Å². The normalized spacial score (nSPS) is 13.8. The highest BCUT2D eigenvalue weighted by Crippen LogP contribution is 2.32. The number of hydrogen-bond acceptors (Lipinski definition) is 5. The van der Waals surface area contributed by atoms with Crippen LogP contribution < -0.4 is 14.8 Å². The lowest BCUT2D eigenvalue weighted by Crippen LogP contribution is -2.28. The molecule has 1 N–H and O–H groups in total. The molecule has 1 unspecified atom stereocenters. The van der Waals surface area contributed by atoms with Crippen LogP contribution in [0.4, 0.5) is 0 Å². The van der Waals surface area contributed by atoms with Crippen molar-refractivity contribution in [1.29, 1.82) is 0 Å². The second kappa shape index (κ2) is 7.75. The predicted octanol–water partition coefficient (Wildman–Crippen LogP) is 3.80. The number of aryl methyl sites for hydroxylation is 2. The molecule has 0 saturated heterocycles. The molecule has 4 rings (SSSR count). The zero-order valence-electron chi connectivity index (χ0n) is 16.4. The van der Waals surface area contributed by atoms with Gasteiger partial charge in [0, 0.05) is 5.69 Å². The van der Waals surface area contributed by atoms with E-state index in [2.05, 4.69) is 15.4 Å². The van der Waals surface area contributed by atoms with Gasteiger partial charge >= 0.3 is 0 Å². The summed E-state index contributed by atoms with van der Waals surface area (Å²) in [4.78, 5) is 17.3. The van der Waals surface area contributed by atoms with Crippen LogP contribution in [0.25, 0.3) is 5.82 Å². The molecule has 0 fully saturated rings. The summed E-state index contributed by atoms with van der Waals surface area (Å²) < 4.78 is 12.9. The van der Waals surface area contributed by atoms with E-state index in [-0.39, 0.29) is 22.7 Å². The molecular weight excluding hydrogens is 392 g/mol. The molecule has 1 atom stereocenters. The van der Waals surface area contributed by atoms with Crippen LogP contribution in [0.3, 0.4) is 0 Å². The molecule has 1 aromatic carbocycles. The predicted molar refractivity (Wildman–Crippen MR) is 109 cm³/mol. The van der Waals surface area contributed by atoms with Crippen molar-refractivity contribution in [3.63, 3.8) is 0 Å². The van der Waals surface area contributed by atoms with Crippen LogP contribution in [-0.4, -0.2) is 33.9 Å². The number of nitrogens with zero attached hydrogens (tertiary/aromatic N) is 3. The number of pyridine rings is 1. The third kappa shape index (κ3) is 3.91. The van der Waals surface area contributed by atoms with Crippen LogP contribution in [0.1, 0.15) is 40.4 Å². The van der Waals surface area contributed by atoms with Crippen molar-refractivity contribution in [2.45, 2.75) is 26.8 Å². The molecule has 7 nitrogen and oxygen atoms in total. The van der Waals surface area contributed by atoms with Crippen LogP contribution in [-0.2, 0) is 0 Å². The summed E-state index contributed by atoms with van der Waals surface area (Å²) in [5.74, 6) is 1.57. The Bertz CT molecular complexity index is 1080. The molecular formula is C21H21ClN4O3. The Labute approximate surface area is 173 Å². The van der Waals surface area contributed by atoms with Gasteiger partial charge in [0.15, 0.2) is 17.3 Å². The Hall–Kier alpha value is -3.06. The summed E-state index contributed by atoms with van der Waals surface area (Å²) in [6.45, 7) is 6.77. The monoisotopic (exact) mass is 412 g/mol. The summed E-state index contributed by atoms with van der Waals surface area (Å²) in [5.41, 5.74) is 2.85. The zero-order chi connectivity index (χ0) is 20.5. The van der Waals surface area contributed by atoms with E-state index in [1.54, 1.807) is 16.8 Å². The highest BCUT2D eigenvalue weighted by Gasteiger charge is 2.20. The molecule has 1 aliphatic rings. The van der Waals surface area contributed by atoms with Gasteiger partial charge in [-0.2, -0.15) is 5.10 Å². The van der Waals surface area contributed by atoms with Gasteiger partial charge in [-0.1, -0.05) is 17.7 Å². The van der Waals surface area contributed by atoms with E-state index in [1.165, 1.54) is 0 Å². The minimum atomic E-state index is -0.360. The van der Waals surface area contributed by atoms with Crippen LogP contribution in [0.5, 0.6) is 11.5 Å². The van der Waals surface area contributed by atoms with Crippen molar-refractivity contribution in [2.75, 3.05) is 13.2 Å². The average molecular weight is 413 g/mol. The smallest absolute Gasteiger partial charge is 0.271 e. The van der Waals surface area contributed by atoms with Gasteiger partial charge in [-0.3, -0.25) is 4.79 Å². The fourth-order valence-corrected chi connectivity index (χ4v) is 3.44. The molecule has 0 saturated carbocycles. The summed E-state index contributed by atoms with van der Waals surface area (Å²) >= 11 is 6.26. The molecule has 0 spiro atoms. The highest BCUT2D eigenvalue weighted by molar-refractivity contribution is 6.33. The minimum absolute atomic E-state index is 0.154. The van der Waals surface area contributed by atoms with Crippen molar-refractivity contribution in [1.82, 2.24) is 20.1 Å². The van der Waals surface area contributed by atoms with Crippen LogP contribution in [0, 0.1) is 13.8 Å². The lowest BCUT2D eigenvalue weighted by Gasteiger charge is -2.21. The third-order valence-corrected chi connectivity index (χ3v) is 4.99. The van der Waals surface area contributed by atoms with Gasteiger partial charge < -0.3 is 14.8 Å². The molecule has 8 heteroatoms. The first kappa shape index (κ1) is 19.3.